The van der Waals surface area contributed by atoms with E-state index in [0.29, 0.717) is 11.3 Å². The standard InChI is InChI=1S/C16H19NO7/c1-22-16-13(15(21)14(20)11(7-18)24-16)17-9-4-2-8-3-5-12(19)23-10(8)6-9/h2-6,11,13-18,20-21H,7H2,1H3/t11-,13-,14-,15-,16+/m1/s1. The minimum absolute atomic E-state index is 0.390. The van der Waals surface area contributed by atoms with Crippen LogP contribution in [0.2, 0.25) is 0 Å². The first kappa shape index (κ1) is 16.9. The Morgan fingerprint density at radius 3 is 2.67 bits per heavy atom. The Hall–Kier alpha value is -1.97. The maximum atomic E-state index is 11.3. The molecule has 0 spiro atoms. The van der Waals surface area contributed by atoms with Crippen molar-refractivity contribution in [3.05, 3.63) is 40.8 Å². The number of aliphatic hydroxyl groups is 3. The van der Waals surface area contributed by atoms with Crippen molar-refractivity contribution in [2.24, 2.45) is 0 Å². The summed E-state index contributed by atoms with van der Waals surface area (Å²) in [7, 11) is 1.40. The second-order valence-corrected chi connectivity index (χ2v) is 5.62. The lowest BCUT2D eigenvalue weighted by atomic mass is 9.96. The van der Waals surface area contributed by atoms with Crippen LogP contribution in [0.15, 0.2) is 39.5 Å². The van der Waals surface area contributed by atoms with E-state index in [0.717, 1.165) is 5.39 Å². The third-order valence-corrected chi connectivity index (χ3v) is 4.07. The van der Waals surface area contributed by atoms with Crippen LogP contribution in [-0.4, -0.2) is 59.7 Å². The second kappa shape index (κ2) is 6.88. The molecule has 1 saturated heterocycles. The maximum Gasteiger partial charge on any atom is 0.336 e. The Labute approximate surface area is 137 Å². The number of nitrogens with one attached hydrogen (secondary N) is 1. The van der Waals surface area contributed by atoms with Gasteiger partial charge in [-0.05, 0) is 18.2 Å². The van der Waals surface area contributed by atoms with Gasteiger partial charge in [-0.2, -0.15) is 0 Å². The summed E-state index contributed by atoms with van der Waals surface area (Å²) in [5, 5.41) is 33.3. The molecule has 130 valence electrons. The van der Waals surface area contributed by atoms with E-state index in [9.17, 15) is 20.1 Å². The van der Waals surface area contributed by atoms with Crippen LogP contribution >= 0.6 is 0 Å². The molecule has 24 heavy (non-hydrogen) atoms. The first-order valence-electron chi connectivity index (χ1n) is 7.49. The van der Waals surface area contributed by atoms with Crippen molar-refractivity contribution in [3.63, 3.8) is 0 Å². The summed E-state index contributed by atoms with van der Waals surface area (Å²) < 4.78 is 15.8. The van der Waals surface area contributed by atoms with E-state index >= 15 is 0 Å². The zero-order valence-electron chi connectivity index (χ0n) is 13.0. The van der Waals surface area contributed by atoms with Crippen LogP contribution in [0.1, 0.15) is 0 Å². The van der Waals surface area contributed by atoms with Gasteiger partial charge >= 0.3 is 5.63 Å². The Kier molecular flexibility index (Phi) is 4.83. The molecule has 5 atom stereocenters. The Morgan fingerprint density at radius 2 is 1.96 bits per heavy atom. The van der Waals surface area contributed by atoms with Gasteiger partial charge in [0.1, 0.15) is 29.9 Å². The molecule has 0 unspecified atom stereocenters. The molecule has 1 aromatic carbocycles. The third kappa shape index (κ3) is 3.14. The highest BCUT2D eigenvalue weighted by Gasteiger charge is 2.44. The summed E-state index contributed by atoms with van der Waals surface area (Å²) in [5.41, 5.74) is 0.485. The molecular formula is C16H19NO7. The zero-order valence-corrected chi connectivity index (χ0v) is 13.0. The fourth-order valence-corrected chi connectivity index (χ4v) is 2.78. The predicted molar refractivity (Wildman–Crippen MR) is 84.7 cm³/mol. The first-order valence-corrected chi connectivity index (χ1v) is 7.49. The molecule has 3 rings (SSSR count). The number of aliphatic hydroxyl groups excluding tert-OH is 3. The molecule has 1 aliphatic heterocycles. The molecule has 0 radical (unpaired) electrons. The molecule has 2 aromatic rings. The van der Waals surface area contributed by atoms with E-state index in [1.807, 2.05) is 0 Å². The Balaban J connectivity index is 1.86. The van der Waals surface area contributed by atoms with Crippen LogP contribution in [0.4, 0.5) is 5.69 Å². The van der Waals surface area contributed by atoms with Crippen molar-refractivity contribution in [1.82, 2.24) is 0 Å². The molecule has 0 saturated carbocycles. The van der Waals surface area contributed by atoms with Crippen LogP contribution in [0.3, 0.4) is 0 Å². The van der Waals surface area contributed by atoms with Gasteiger partial charge in [0, 0.05) is 30.3 Å². The molecule has 2 heterocycles. The van der Waals surface area contributed by atoms with Gasteiger partial charge in [0.15, 0.2) is 6.29 Å². The highest BCUT2D eigenvalue weighted by molar-refractivity contribution is 5.80. The summed E-state index contributed by atoms with van der Waals surface area (Å²) in [6, 6.07) is 7.32. The Morgan fingerprint density at radius 1 is 1.21 bits per heavy atom. The molecule has 1 aliphatic rings. The van der Waals surface area contributed by atoms with E-state index in [-0.39, 0.29) is 0 Å². The fourth-order valence-electron chi connectivity index (χ4n) is 2.78. The lowest BCUT2D eigenvalue weighted by Crippen LogP contribution is -2.61. The van der Waals surface area contributed by atoms with Crippen molar-refractivity contribution < 1.29 is 29.2 Å². The summed E-state index contributed by atoms with van der Waals surface area (Å²) in [6.07, 6.45) is -4.30. The van der Waals surface area contributed by atoms with Gasteiger partial charge in [0.2, 0.25) is 0 Å². The monoisotopic (exact) mass is 337 g/mol. The van der Waals surface area contributed by atoms with Crippen molar-refractivity contribution in [2.75, 3.05) is 19.0 Å². The van der Waals surface area contributed by atoms with E-state index in [2.05, 4.69) is 5.32 Å². The highest BCUT2D eigenvalue weighted by Crippen LogP contribution is 2.26. The van der Waals surface area contributed by atoms with Gasteiger partial charge < -0.3 is 34.5 Å². The van der Waals surface area contributed by atoms with Gasteiger partial charge in [0.25, 0.3) is 0 Å². The fraction of sp³-hybridized carbons (Fsp3) is 0.438. The molecule has 1 fully saturated rings. The molecule has 8 heteroatoms. The lowest BCUT2D eigenvalue weighted by molar-refractivity contribution is -0.254. The van der Waals surface area contributed by atoms with Gasteiger partial charge in [-0.15, -0.1) is 0 Å². The molecule has 0 amide bonds. The predicted octanol–water partition coefficient (Wildman–Crippen LogP) is -0.341. The maximum absolute atomic E-state index is 11.3. The molecule has 0 aliphatic carbocycles. The van der Waals surface area contributed by atoms with Crippen LogP contribution in [0, 0.1) is 0 Å². The Bertz CT molecular complexity index is 759. The number of anilines is 1. The number of benzene rings is 1. The van der Waals surface area contributed by atoms with Gasteiger partial charge in [-0.25, -0.2) is 4.79 Å². The normalized spacial score (nSPS) is 30.4. The van der Waals surface area contributed by atoms with E-state index < -0.39 is 42.9 Å². The smallest absolute Gasteiger partial charge is 0.336 e. The number of methoxy groups -OCH3 is 1. The number of rotatable bonds is 4. The minimum Gasteiger partial charge on any atom is -0.423 e. The lowest BCUT2D eigenvalue weighted by Gasteiger charge is -2.42. The third-order valence-electron chi connectivity index (χ3n) is 4.07. The van der Waals surface area contributed by atoms with Gasteiger partial charge in [-0.1, -0.05) is 0 Å². The van der Waals surface area contributed by atoms with Crippen LogP contribution in [0.25, 0.3) is 11.0 Å². The largest absolute Gasteiger partial charge is 0.423 e. The van der Waals surface area contributed by atoms with Crippen LogP contribution in [-0.2, 0) is 9.47 Å². The van der Waals surface area contributed by atoms with Gasteiger partial charge in [0.05, 0.1) is 6.61 Å². The summed E-state index contributed by atoms with van der Waals surface area (Å²) >= 11 is 0. The molecule has 8 nitrogen and oxygen atoms in total. The number of hydrogen-bond acceptors (Lipinski definition) is 8. The molecule has 4 N–H and O–H groups in total. The van der Waals surface area contributed by atoms with Crippen LogP contribution < -0.4 is 10.9 Å². The van der Waals surface area contributed by atoms with E-state index in [4.69, 9.17) is 13.9 Å². The summed E-state index contributed by atoms with van der Waals surface area (Å²) in [4.78, 5) is 11.3. The van der Waals surface area contributed by atoms with Crippen molar-refractivity contribution >= 4 is 16.7 Å². The highest BCUT2D eigenvalue weighted by atomic mass is 16.7. The number of fused-ring (bicyclic) bond motifs is 1. The van der Waals surface area contributed by atoms with Crippen molar-refractivity contribution in [3.8, 4) is 0 Å². The quantitative estimate of drug-likeness (QED) is 0.559. The van der Waals surface area contributed by atoms with Crippen molar-refractivity contribution in [2.45, 2.75) is 30.6 Å². The molecular weight excluding hydrogens is 318 g/mol. The molecule has 0 bridgehead atoms. The number of hydrogen-bond donors (Lipinski definition) is 4. The summed E-state index contributed by atoms with van der Waals surface area (Å²) in [5.74, 6) is 0. The average molecular weight is 337 g/mol. The van der Waals surface area contributed by atoms with Crippen LogP contribution in [0.5, 0.6) is 0 Å². The van der Waals surface area contributed by atoms with Crippen molar-refractivity contribution in [1.29, 1.82) is 0 Å². The average Bonchev–Trinajstić information content (AvgIpc) is 2.59. The first-order chi connectivity index (χ1) is 11.5. The number of ether oxygens (including phenoxy) is 2. The summed E-state index contributed by atoms with van der Waals surface area (Å²) in [6.45, 7) is -0.439. The molecule has 1 aromatic heterocycles. The zero-order chi connectivity index (χ0) is 17.3. The van der Waals surface area contributed by atoms with E-state index in [1.54, 1.807) is 24.3 Å². The van der Waals surface area contributed by atoms with E-state index in [1.165, 1.54) is 13.2 Å². The minimum atomic E-state index is -1.27. The SMILES string of the molecule is CO[C@H]1O[C@H](CO)[C@@H](O)[C@H](O)[C@H]1Nc1ccc2ccc(=O)oc2c1. The topological polar surface area (TPSA) is 121 Å². The van der Waals surface area contributed by atoms with Gasteiger partial charge in [-0.3, -0.25) is 0 Å². The second-order valence-electron chi connectivity index (χ2n) is 5.62.